The number of carbonyl (C=O) groups is 1. The Kier molecular flexibility index (Phi) is 5.84. The summed E-state index contributed by atoms with van der Waals surface area (Å²) in [6.07, 6.45) is 7.74. The van der Waals surface area contributed by atoms with Gasteiger partial charge in [-0.25, -0.2) is 4.98 Å². The number of rotatable bonds is 6. The van der Waals surface area contributed by atoms with E-state index in [0.717, 1.165) is 12.1 Å². The second-order valence-corrected chi connectivity index (χ2v) is 8.24. The fourth-order valence-corrected chi connectivity index (χ4v) is 5.05. The number of thiophene rings is 1. The molecule has 124 valence electrons. The lowest BCUT2D eigenvalue weighted by molar-refractivity contribution is -0.122. The largest absolute Gasteiger partial charge is 0.348 e. The number of aryl methyl sites for hydroxylation is 2. The van der Waals surface area contributed by atoms with Crippen molar-refractivity contribution in [3.05, 3.63) is 38.5 Å². The molecule has 2 heterocycles. The van der Waals surface area contributed by atoms with Crippen molar-refractivity contribution >= 4 is 28.6 Å². The molecule has 0 saturated heterocycles. The number of thiazole rings is 1. The molecule has 1 unspecified atom stereocenters. The number of aromatic nitrogens is 1. The van der Waals surface area contributed by atoms with Crippen molar-refractivity contribution in [3.63, 3.8) is 0 Å². The molecule has 1 N–H and O–H groups in total. The van der Waals surface area contributed by atoms with Gasteiger partial charge in [0, 0.05) is 16.2 Å². The normalized spacial score (nSPS) is 17.1. The van der Waals surface area contributed by atoms with Crippen molar-refractivity contribution in [2.75, 3.05) is 0 Å². The zero-order valence-corrected chi connectivity index (χ0v) is 15.2. The summed E-state index contributed by atoms with van der Waals surface area (Å²) in [5.41, 5.74) is 2.92. The molecular formula is C18H24N2OS2. The first-order valence-electron chi connectivity index (χ1n) is 8.46. The topological polar surface area (TPSA) is 42.0 Å². The summed E-state index contributed by atoms with van der Waals surface area (Å²) in [4.78, 5) is 19.3. The third-order valence-electron chi connectivity index (χ3n) is 4.71. The lowest BCUT2D eigenvalue weighted by Crippen LogP contribution is -2.34. The Morgan fingerprint density at radius 2 is 2.17 bits per heavy atom. The molecule has 0 radical (unpaired) electrons. The van der Waals surface area contributed by atoms with E-state index in [-0.39, 0.29) is 11.9 Å². The van der Waals surface area contributed by atoms with Crippen LogP contribution in [-0.2, 0) is 11.2 Å². The fraction of sp³-hybridized carbons (Fsp3) is 0.556. The van der Waals surface area contributed by atoms with Crippen LogP contribution in [0.1, 0.15) is 60.0 Å². The van der Waals surface area contributed by atoms with E-state index >= 15 is 0 Å². The molecule has 0 aromatic carbocycles. The van der Waals surface area contributed by atoms with Crippen LogP contribution in [0.2, 0.25) is 0 Å². The summed E-state index contributed by atoms with van der Waals surface area (Å²) in [7, 11) is 0. The highest BCUT2D eigenvalue weighted by Gasteiger charge is 2.27. The molecule has 1 aliphatic rings. The molecular weight excluding hydrogens is 324 g/mol. The zero-order chi connectivity index (χ0) is 16.1. The number of amides is 1. The average Bonchev–Trinajstić information content (AvgIpc) is 3.23. The van der Waals surface area contributed by atoms with Gasteiger partial charge in [0.25, 0.3) is 0 Å². The number of nitrogens with zero attached hydrogens (tertiary/aromatic N) is 1. The van der Waals surface area contributed by atoms with Gasteiger partial charge in [-0.15, -0.1) is 22.7 Å². The van der Waals surface area contributed by atoms with Crippen molar-refractivity contribution in [2.24, 2.45) is 5.92 Å². The van der Waals surface area contributed by atoms with Crippen LogP contribution in [0, 0.1) is 12.8 Å². The van der Waals surface area contributed by atoms with E-state index < -0.39 is 0 Å². The van der Waals surface area contributed by atoms with E-state index in [1.165, 1.54) is 41.9 Å². The maximum atomic E-state index is 12.5. The highest BCUT2D eigenvalue weighted by atomic mass is 32.1. The van der Waals surface area contributed by atoms with Crippen molar-refractivity contribution in [1.82, 2.24) is 10.3 Å². The zero-order valence-electron chi connectivity index (χ0n) is 13.6. The Hall–Kier alpha value is -1.20. The average molecular weight is 349 g/mol. The lowest BCUT2D eigenvalue weighted by atomic mass is 9.83. The Morgan fingerprint density at radius 1 is 1.35 bits per heavy atom. The Labute approximate surface area is 146 Å². The molecule has 3 rings (SSSR count). The Morgan fingerprint density at radius 3 is 2.83 bits per heavy atom. The number of hydrogen-bond donors (Lipinski definition) is 1. The molecule has 3 nitrogen and oxygen atoms in total. The van der Waals surface area contributed by atoms with Crippen molar-refractivity contribution in [1.29, 1.82) is 0 Å². The molecule has 0 aliphatic heterocycles. The highest BCUT2D eigenvalue weighted by Crippen LogP contribution is 2.36. The molecule has 1 amide bonds. The maximum absolute atomic E-state index is 12.5. The van der Waals surface area contributed by atoms with Crippen LogP contribution in [0.25, 0.3) is 0 Å². The smallest absolute Gasteiger partial charge is 0.220 e. The summed E-state index contributed by atoms with van der Waals surface area (Å²) < 4.78 is 0. The van der Waals surface area contributed by atoms with Crippen LogP contribution in [0.15, 0.2) is 23.0 Å². The Bertz CT molecular complexity index is 615. The van der Waals surface area contributed by atoms with E-state index in [9.17, 15) is 4.79 Å². The van der Waals surface area contributed by atoms with Gasteiger partial charge in [0.1, 0.15) is 0 Å². The van der Waals surface area contributed by atoms with Crippen LogP contribution in [0.5, 0.6) is 0 Å². The van der Waals surface area contributed by atoms with Gasteiger partial charge in [0.2, 0.25) is 5.91 Å². The molecule has 23 heavy (non-hydrogen) atoms. The third kappa shape index (κ3) is 4.42. The molecule has 1 aliphatic carbocycles. The first kappa shape index (κ1) is 16.7. The van der Waals surface area contributed by atoms with Crippen molar-refractivity contribution in [2.45, 2.75) is 57.9 Å². The summed E-state index contributed by atoms with van der Waals surface area (Å²) in [5.74, 6) is 0.762. The van der Waals surface area contributed by atoms with Crippen molar-refractivity contribution < 1.29 is 4.79 Å². The number of nitrogens with one attached hydrogen (secondary N) is 1. The summed E-state index contributed by atoms with van der Waals surface area (Å²) in [5, 5.41) is 5.44. The van der Waals surface area contributed by atoms with Crippen molar-refractivity contribution in [3.8, 4) is 0 Å². The molecule has 1 saturated carbocycles. The van der Waals surface area contributed by atoms with Crippen LogP contribution < -0.4 is 5.32 Å². The van der Waals surface area contributed by atoms with Crippen LogP contribution in [0.3, 0.4) is 0 Å². The van der Waals surface area contributed by atoms with E-state index in [0.29, 0.717) is 12.3 Å². The fourth-order valence-electron chi connectivity index (χ4n) is 3.40. The highest BCUT2D eigenvalue weighted by molar-refractivity contribution is 7.10. The second-order valence-electron chi connectivity index (χ2n) is 6.32. The molecule has 5 heteroatoms. The minimum atomic E-state index is 0.168. The minimum absolute atomic E-state index is 0.168. The molecule has 0 spiro atoms. The van der Waals surface area contributed by atoms with Crippen LogP contribution in [0.4, 0.5) is 0 Å². The van der Waals surface area contributed by atoms with Gasteiger partial charge in [-0.3, -0.25) is 4.79 Å². The SMILES string of the molecule is Cc1ncsc1CCC(=O)NC(c1cccs1)C1CCCCC1. The lowest BCUT2D eigenvalue weighted by Gasteiger charge is -2.30. The van der Waals surface area contributed by atoms with Gasteiger partial charge >= 0.3 is 0 Å². The van der Waals surface area contributed by atoms with Crippen LogP contribution >= 0.6 is 22.7 Å². The Balaban J connectivity index is 1.61. The van der Waals surface area contributed by atoms with Gasteiger partial charge < -0.3 is 5.32 Å². The number of hydrogen-bond acceptors (Lipinski definition) is 4. The quantitative estimate of drug-likeness (QED) is 0.808. The molecule has 0 bridgehead atoms. The van der Waals surface area contributed by atoms with Crippen LogP contribution in [-0.4, -0.2) is 10.9 Å². The molecule has 2 aromatic rings. The predicted octanol–water partition coefficient (Wildman–Crippen LogP) is 4.88. The standard InChI is InChI=1S/C18H24N2OS2/c1-13-15(23-12-19-13)9-10-17(21)20-18(16-8-5-11-22-16)14-6-3-2-4-7-14/h5,8,11-12,14,18H,2-4,6-7,9-10H2,1H3,(H,20,21). The monoisotopic (exact) mass is 348 g/mol. The summed E-state index contributed by atoms with van der Waals surface area (Å²) >= 11 is 3.41. The van der Waals surface area contributed by atoms with Gasteiger partial charge in [-0.05, 0) is 43.6 Å². The van der Waals surface area contributed by atoms with E-state index in [1.54, 1.807) is 22.7 Å². The maximum Gasteiger partial charge on any atom is 0.220 e. The van der Waals surface area contributed by atoms with E-state index in [1.807, 2.05) is 12.4 Å². The first-order chi connectivity index (χ1) is 11.2. The van der Waals surface area contributed by atoms with Gasteiger partial charge in [-0.2, -0.15) is 0 Å². The minimum Gasteiger partial charge on any atom is -0.348 e. The predicted molar refractivity (Wildman–Crippen MR) is 96.9 cm³/mol. The molecule has 2 aromatic heterocycles. The van der Waals surface area contributed by atoms with Gasteiger partial charge in [0.15, 0.2) is 0 Å². The number of carbonyl (C=O) groups excluding carboxylic acids is 1. The summed E-state index contributed by atoms with van der Waals surface area (Å²) in [6, 6.07) is 4.45. The van der Waals surface area contributed by atoms with Gasteiger partial charge in [0.05, 0.1) is 17.2 Å². The third-order valence-corrected chi connectivity index (χ3v) is 6.66. The van der Waals surface area contributed by atoms with Gasteiger partial charge in [-0.1, -0.05) is 25.3 Å². The second kappa shape index (κ2) is 8.06. The summed E-state index contributed by atoms with van der Waals surface area (Å²) in [6.45, 7) is 2.01. The van der Waals surface area contributed by atoms with E-state index in [2.05, 4.69) is 27.8 Å². The molecule has 1 atom stereocenters. The van der Waals surface area contributed by atoms with E-state index in [4.69, 9.17) is 0 Å². The molecule has 1 fully saturated rings. The first-order valence-corrected chi connectivity index (χ1v) is 10.2.